The molecule has 0 unspecified atom stereocenters. The summed E-state index contributed by atoms with van der Waals surface area (Å²) in [5, 5.41) is 1.19. The summed E-state index contributed by atoms with van der Waals surface area (Å²) in [6, 6.07) is 13.1. The Hall–Kier alpha value is -2.12. The number of halogens is 2. The second-order valence-electron chi connectivity index (χ2n) is 9.20. The predicted octanol–water partition coefficient (Wildman–Crippen LogP) is 6.16. The fourth-order valence-corrected chi connectivity index (χ4v) is 4.97. The summed E-state index contributed by atoms with van der Waals surface area (Å²) >= 11 is 12.5. The van der Waals surface area contributed by atoms with Crippen molar-refractivity contribution in [1.29, 1.82) is 0 Å². The first-order chi connectivity index (χ1) is 16.9. The van der Waals surface area contributed by atoms with Gasteiger partial charge in [0.15, 0.2) is 0 Å². The van der Waals surface area contributed by atoms with E-state index in [1.54, 1.807) is 12.1 Å². The molecule has 7 nitrogen and oxygen atoms in total. The van der Waals surface area contributed by atoms with Gasteiger partial charge in [0.1, 0.15) is 0 Å². The van der Waals surface area contributed by atoms with Crippen LogP contribution in [0.3, 0.4) is 0 Å². The van der Waals surface area contributed by atoms with Crippen molar-refractivity contribution < 1.29 is 23.7 Å². The normalized spacial score (nSPS) is 11.9. The zero-order valence-electron chi connectivity index (χ0n) is 20.5. The van der Waals surface area contributed by atoms with Crippen molar-refractivity contribution in [3.63, 3.8) is 0 Å². The zero-order chi connectivity index (χ0) is 26.6. The Bertz CT molecular complexity index is 1280. The van der Waals surface area contributed by atoms with Gasteiger partial charge in [0, 0.05) is 40.0 Å². The van der Waals surface area contributed by atoms with E-state index >= 15 is 0 Å². The number of carbonyl (C=O) groups is 1. The van der Waals surface area contributed by atoms with Crippen LogP contribution in [0.25, 0.3) is 11.1 Å². The summed E-state index contributed by atoms with van der Waals surface area (Å²) in [7, 11) is -4.58. The number of nitrogens with zero attached hydrogens (tertiary/aromatic N) is 1. The van der Waals surface area contributed by atoms with Crippen LogP contribution in [0.5, 0.6) is 0 Å². The number of phosphoric acid groups is 1. The van der Waals surface area contributed by atoms with Crippen LogP contribution in [0.2, 0.25) is 10.0 Å². The van der Waals surface area contributed by atoms with Crippen molar-refractivity contribution in [2.24, 2.45) is 11.7 Å². The van der Waals surface area contributed by atoms with Crippen LogP contribution >= 0.6 is 31.0 Å². The van der Waals surface area contributed by atoms with Gasteiger partial charge in [-0.25, -0.2) is 4.57 Å². The van der Waals surface area contributed by atoms with Gasteiger partial charge in [0.05, 0.1) is 12.2 Å². The van der Waals surface area contributed by atoms with E-state index < -0.39 is 13.7 Å². The number of aryl methyl sites for hydroxylation is 1. The molecule has 0 aliphatic rings. The molecule has 10 heteroatoms. The van der Waals surface area contributed by atoms with E-state index in [0.717, 1.165) is 33.6 Å². The average molecular weight is 553 g/mol. The highest BCUT2D eigenvalue weighted by molar-refractivity contribution is 7.46. The van der Waals surface area contributed by atoms with E-state index in [2.05, 4.69) is 18.4 Å². The molecule has 0 spiro atoms. The first kappa shape index (κ1) is 28.5. The summed E-state index contributed by atoms with van der Waals surface area (Å²) in [5.41, 5.74) is 11.4. The summed E-state index contributed by atoms with van der Waals surface area (Å²) in [6.45, 7) is 6.33. The molecule has 1 amide bonds. The highest BCUT2D eigenvalue weighted by Crippen LogP contribution is 2.38. The van der Waals surface area contributed by atoms with Crippen LogP contribution in [-0.2, 0) is 28.5 Å². The topological polar surface area (TPSA) is 115 Å². The van der Waals surface area contributed by atoms with E-state index in [9.17, 15) is 9.36 Å². The minimum absolute atomic E-state index is 0.137. The zero-order valence-corrected chi connectivity index (χ0v) is 22.9. The second kappa shape index (κ2) is 12.0. The Morgan fingerprint density at radius 1 is 1.11 bits per heavy atom. The molecule has 3 rings (SSSR count). The number of benzene rings is 2. The van der Waals surface area contributed by atoms with Crippen molar-refractivity contribution in [1.82, 2.24) is 4.57 Å². The molecule has 0 atom stereocenters. The van der Waals surface area contributed by atoms with Gasteiger partial charge in [-0.3, -0.25) is 9.32 Å². The van der Waals surface area contributed by atoms with Gasteiger partial charge in [0.2, 0.25) is 0 Å². The van der Waals surface area contributed by atoms with E-state index in [0.29, 0.717) is 41.4 Å². The van der Waals surface area contributed by atoms with Crippen LogP contribution in [0.4, 0.5) is 0 Å². The quantitative estimate of drug-likeness (QED) is 0.194. The molecule has 3 aromatic rings. The Morgan fingerprint density at radius 3 is 2.33 bits per heavy atom. The Morgan fingerprint density at radius 2 is 1.78 bits per heavy atom. The van der Waals surface area contributed by atoms with Gasteiger partial charge in [-0.15, -0.1) is 0 Å². The van der Waals surface area contributed by atoms with Gasteiger partial charge in [0.25, 0.3) is 5.91 Å². The maximum atomic E-state index is 13.0. The van der Waals surface area contributed by atoms with Crippen molar-refractivity contribution in [2.75, 3.05) is 6.61 Å². The predicted molar refractivity (Wildman–Crippen MR) is 144 cm³/mol. The molecule has 36 heavy (non-hydrogen) atoms. The summed E-state index contributed by atoms with van der Waals surface area (Å²) in [4.78, 5) is 31.1. The van der Waals surface area contributed by atoms with Gasteiger partial charge in [-0.2, -0.15) is 0 Å². The first-order valence-electron chi connectivity index (χ1n) is 11.6. The summed E-state index contributed by atoms with van der Waals surface area (Å²) in [6.07, 6.45) is 1.39. The number of hydrogen-bond donors (Lipinski definition) is 3. The molecule has 1 aromatic heterocycles. The number of primary amides is 1. The minimum atomic E-state index is -4.58. The van der Waals surface area contributed by atoms with Crippen LogP contribution in [0.15, 0.2) is 42.5 Å². The Labute approximate surface area is 221 Å². The number of hydrogen-bond acceptors (Lipinski definition) is 3. The van der Waals surface area contributed by atoms with E-state index in [1.807, 2.05) is 41.8 Å². The van der Waals surface area contributed by atoms with Gasteiger partial charge < -0.3 is 20.1 Å². The maximum Gasteiger partial charge on any atom is 0.469 e. The van der Waals surface area contributed by atoms with Crippen LogP contribution in [-0.4, -0.2) is 26.9 Å². The van der Waals surface area contributed by atoms with Crippen LogP contribution in [0, 0.1) is 12.8 Å². The van der Waals surface area contributed by atoms with E-state index in [-0.39, 0.29) is 12.5 Å². The highest BCUT2D eigenvalue weighted by atomic mass is 35.5. The number of phosphoric ester groups is 1. The molecule has 0 fully saturated rings. The monoisotopic (exact) mass is 552 g/mol. The van der Waals surface area contributed by atoms with Crippen molar-refractivity contribution in [2.45, 2.75) is 46.6 Å². The third-order valence-electron chi connectivity index (χ3n) is 5.86. The number of nitrogens with two attached hydrogens (primary N) is 1. The fraction of sp³-hybridized carbons (Fsp3) is 0.346. The molecule has 4 N–H and O–H groups in total. The minimum Gasteiger partial charge on any atom is -0.366 e. The Kier molecular flexibility index (Phi) is 9.44. The Balaban J connectivity index is 2.23. The lowest BCUT2D eigenvalue weighted by Crippen LogP contribution is -2.16. The van der Waals surface area contributed by atoms with E-state index in [4.69, 9.17) is 38.7 Å². The summed E-state index contributed by atoms with van der Waals surface area (Å²) in [5.74, 6) is -0.297. The van der Waals surface area contributed by atoms with Crippen molar-refractivity contribution in [3.8, 4) is 11.1 Å². The molecule has 194 valence electrons. The summed E-state index contributed by atoms with van der Waals surface area (Å²) < 4.78 is 17.9. The van der Waals surface area contributed by atoms with Crippen molar-refractivity contribution >= 4 is 36.9 Å². The smallest absolute Gasteiger partial charge is 0.366 e. The largest absolute Gasteiger partial charge is 0.469 e. The average Bonchev–Trinajstić information content (AvgIpc) is 3.06. The molecule has 0 saturated heterocycles. The van der Waals surface area contributed by atoms with Gasteiger partial charge >= 0.3 is 7.82 Å². The molecule has 0 radical (unpaired) electrons. The molecule has 2 aromatic carbocycles. The molecule has 0 aliphatic heterocycles. The third kappa shape index (κ3) is 7.22. The highest BCUT2D eigenvalue weighted by Gasteiger charge is 2.28. The standard InChI is InChI=1S/C26H31Cl2N2O5P/c1-16(2)13-22-24(19-8-5-17(3)21(28)15-19)25(26(29)31)23(14-18-6-9-20(27)10-7-18)30(22)11-4-12-35-36(32,33)34/h5-10,15-16H,4,11-14H2,1-3H3,(H2,29,31)(H2,32,33,34). The van der Waals surface area contributed by atoms with E-state index in [1.165, 1.54) is 0 Å². The molecule has 0 aliphatic carbocycles. The lowest BCUT2D eigenvalue weighted by Gasteiger charge is -2.17. The SMILES string of the molecule is Cc1ccc(-c2c(C(N)=O)c(Cc3ccc(Cl)cc3)n(CCCOP(=O)(O)O)c2CC(C)C)cc1Cl. The van der Waals surface area contributed by atoms with Crippen LogP contribution < -0.4 is 5.73 Å². The fourth-order valence-electron chi connectivity index (χ4n) is 4.30. The molecular weight excluding hydrogens is 522 g/mol. The molecule has 0 saturated carbocycles. The number of amides is 1. The van der Waals surface area contributed by atoms with Crippen LogP contribution in [0.1, 0.15) is 53.1 Å². The molecule has 0 bridgehead atoms. The second-order valence-corrected chi connectivity index (χ2v) is 11.3. The molecule has 1 heterocycles. The maximum absolute atomic E-state index is 13.0. The lowest BCUT2D eigenvalue weighted by atomic mass is 9.94. The number of aromatic nitrogens is 1. The number of rotatable bonds is 11. The number of carbonyl (C=O) groups excluding carboxylic acids is 1. The van der Waals surface area contributed by atoms with Crippen molar-refractivity contribution in [3.05, 3.63) is 80.6 Å². The molecular formula is C26H31Cl2N2O5P. The third-order valence-corrected chi connectivity index (χ3v) is 7.04. The lowest BCUT2D eigenvalue weighted by molar-refractivity contribution is 0.1000. The first-order valence-corrected chi connectivity index (χ1v) is 13.9. The van der Waals surface area contributed by atoms with Gasteiger partial charge in [-0.1, -0.05) is 61.3 Å². The van der Waals surface area contributed by atoms with Gasteiger partial charge in [-0.05, 0) is 60.6 Å².